The van der Waals surface area contributed by atoms with Gasteiger partial charge in [-0.1, -0.05) is 30.3 Å². The smallest absolute Gasteiger partial charge is 0.231 e. The van der Waals surface area contributed by atoms with Gasteiger partial charge in [0, 0.05) is 0 Å². The van der Waals surface area contributed by atoms with Crippen LogP contribution in [0.3, 0.4) is 0 Å². The zero-order valence-corrected chi connectivity index (χ0v) is 9.95. The minimum Gasteiger partial charge on any atom is -0.506 e. The van der Waals surface area contributed by atoms with Crippen LogP contribution in [-0.2, 0) is 9.59 Å². The number of aliphatic hydroxyl groups is 1. The predicted molar refractivity (Wildman–Crippen MR) is 67.4 cm³/mol. The second-order valence-electron chi connectivity index (χ2n) is 3.59. The topological polar surface area (TPSA) is 54.4 Å². The molecular formula is C13H10O3S. The molecular weight excluding hydrogens is 236 g/mol. The maximum atomic E-state index is 11.5. The van der Waals surface area contributed by atoms with E-state index in [0.29, 0.717) is 4.91 Å². The quantitative estimate of drug-likeness (QED) is 0.815. The summed E-state index contributed by atoms with van der Waals surface area (Å²) in [6.45, 7) is 1.27. The van der Waals surface area contributed by atoms with Crippen LogP contribution in [0.4, 0.5) is 0 Å². The van der Waals surface area contributed by atoms with Gasteiger partial charge >= 0.3 is 0 Å². The van der Waals surface area contributed by atoms with E-state index in [9.17, 15) is 14.7 Å². The Balaban J connectivity index is 2.41. The molecule has 0 radical (unpaired) electrons. The number of carbonyl (C=O) groups excluding carboxylic acids is 2. The van der Waals surface area contributed by atoms with Crippen molar-refractivity contribution in [3.05, 3.63) is 52.1 Å². The Labute approximate surface area is 103 Å². The zero-order chi connectivity index (χ0) is 12.4. The fourth-order valence-corrected chi connectivity index (χ4v) is 2.46. The van der Waals surface area contributed by atoms with Gasteiger partial charge < -0.3 is 5.11 Å². The maximum Gasteiger partial charge on any atom is 0.231 e. The van der Waals surface area contributed by atoms with Gasteiger partial charge in [-0.25, -0.2) is 0 Å². The van der Waals surface area contributed by atoms with Crippen molar-refractivity contribution in [2.24, 2.45) is 0 Å². The average molecular weight is 246 g/mol. The molecule has 3 nitrogen and oxygen atoms in total. The van der Waals surface area contributed by atoms with E-state index in [2.05, 4.69) is 0 Å². The highest BCUT2D eigenvalue weighted by molar-refractivity contribution is 8.18. The first-order valence-electron chi connectivity index (χ1n) is 5.03. The molecule has 0 aromatic heterocycles. The van der Waals surface area contributed by atoms with Gasteiger partial charge in [0.2, 0.25) is 5.12 Å². The van der Waals surface area contributed by atoms with Crippen LogP contribution in [0.25, 0.3) is 6.08 Å². The molecule has 0 spiro atoms. The summed E-state index contributed by atoms with van der Waals surface area (Å²) >= 11 is 0.882. The van der Waals surface area contributed by atoms with Crippen LogP contribution >= 0.6 is 11.8 Å². The summed E-state index contributed by atoms with van der Waals surface area (Å²) in [7, 11) is 0. The Morgan fingerprint density at radius 2 is 1.94 bits per heavy atom. The fraction of sp³-hybridized carbons (Fsp3) is 0.0769. The third-order valence-electron chi connectivity index (χ3n) is 2.33. The molecule has 1 heterocycles. The van der Waals surface area contributed by atoms with E-state index in [1.54, 1.807) is 6.08 Å². The van der Waals surface area contributed by atoms with Crippen molar-refractivity contribution >= 4 is 28.7 Å². The summed E-state index contributed by atoms with van der Waals surface area (Å²) in [5.74, 6) is -0.618. The van der Waals surface area contributed by atoms with Gasteiger partial charge in [-0.2, -0.15) is 0 Å². The van der Waals surface area contributed by atoms with Gasteiger partial charge in [0.15, 0.2) is 5.78 Å². The van der Waals surface area contributed by atoms with Crippen LogP contribution in [0.15, 0.2) is 46.6 Å². The lowest BCUT2D eigenvalue weighted by Crippen LogP contribution is -2.03. The van der Waals surface area contributed by atoms with Crippen molar-refractivity contribution in [2.75, 3.05) is 0 Å². The third-order valence-corrected chi connectivity index (χ3v) is 3.25. The fourth-order valence-electron chi connectivity index (χ4n) is 1.53. The number of Topliss-reactive ketones (excluding diaryl/α,β-unsaturated/α-hetero) is 1. The largest absolute Gasteiger partial charge is 0.506 e. The number of thioether (sulfide) groups is 1. The van der Waals surface area contributed by atoms with E-state index in [1.807, 2.05) is 30.3 Å². The molecule has 1 aliphatic heterocycles. The first-order chi connectivity index (χ1) is 8.09. The monoisotopic (exact) mass is 246 g/mol. The van der Waals surface area contributed by atoms with Gasteiger partial charge in [0.25, 0.3) is 0 Å². The Morgan fingerprint density at radius 3 is 2.47 bits per heavy atom. The highest BCUT2D eigenvalue weighted by Crippen LogP contribution is 2.37. The first kappa shape index (κ1) is 11.7. The highest BCUT2D eigenvalue weighted by Gasteiger charge is 2.31. The van der Waals surface area contributed by atoms with Crippen LogP contribution in [-0.4, -0.2) is 16.0 Å². The second kappa shape index (κ2) is 4.59. The van der Waals surface area contributed by atoms with Crippen molar-refractivity contribution in [1.29, 1.82) is 0 Å². The number of ketones is 1. The van der Waals surface area contributed by atoms with Gasteiger partial charge in [0.05, 0.1) is 4.91 Å². The van der Waals surface area contributed by atoms with E-state index in [4.69, 9.17) is 0 Å². The SMILES string of the molecule is CC(=O)C1=C(O)C(=Cc2ccccc2)SC1=O. The molecule has 1 N–H and O–H groups in total. The number of hydrogen-bond donors (Lipinski definition) is 1. The first-order valence-corrected chi connectivity index (χ1v) is 5.84. The molecule has 17 heavy (non-hydrogen) atoms. The maximum absolute atomic E-state index is 11.5. The number of hydrogen-bond acceptors (Lipinski definition) is 4. The molecule has 2 rings (SSSR count). The van der Waals surface area contributed by atoms with Crippen LogP contribution in [0.1, 0.15) is 12.5 Å². The van der Waals surface area contributed by atoms with Crippen LogP contribution in [0.5, 0.6) is 0 Å². The van der Waals surface area contributed by atoms with E-state index in [0.717, 1.165) is 17.3 Å². The second-order valence-corrected chi connectivity index (χ2v) is 4.60. The summed E-state index contributed by atoms with van der Waals surface area (Å²) < 4.78 is 0. The van der Waals surface area contributed by atoms with Crippen molar-refractivity contribution in [1.82, 2.24) is 0 Å². The van der Waals surface area contributed by atoms with Crippen molar-refractivity contribution in [3.63, 3.8) is 0 Å². The summed E-state index contributed by atoms with van der Waals surface area (Å²) in [6.07, 6.45) is 1.69. The number of benzene rings is 1. The average Bonchev–Trinajstić information content (AvgIpc) is 2.55. The minimum atomic E-state index is -0.406. The molecule has 1 aromatic carbocycles. The van der Waals surface area contributed by atoms with Gasteiger partial charge in [-0.3, -0.25) is 9.59 Å². The molecule has 0 fully saturated rings. The van der Waals surface area contributed by atoms with E-state index in [-0.39, 0.29) is 11.3 Å². The number of rotatable bonds is 2. The predicted octanol–water partition coefficient (Wildman–Crippen LogP) is 2.70. The standard InChI is InChI=1S/C13H10O3S/c1-8(14)11-12(15)10(17-13(11)16)7-9-5-3-2-4-6-9/h2-7,15H,1H3. The van der Waals surface area contributed by atoms with Gasteiger partial charge in [-0.15, -0.1) is 0 Å². The van der Waals surface area contributed by atoms with Crippen LogP contribution in [0.2, 0.25) is 0 Å². The number of aliphatic hydroxyl groups excluding tert-OH is 1. The Hall–Kier alpha value is -1.81. The third kappa shape index (κ3) is 2.31. The molecule has 1 aromatic rings. The van der Waals surface area contributed by atoms with Crippen LogP contribution in [0, 0.1) is 0 Å². The normalized spacial score (nSPS) is 17.9. The Kier molecular flexibility index (Phi) is 3.15. The lowest BCUT2D eigenvalue weighted by molar-refractivity contribution is -0.116. The van der Waals surface area contributed by atoms with Crippen molar-refractivity contribution < 1.29 is 14.7 Å². The van der Waals surface area contributed by atoms with Gasteiger partial charge in [-0.05, 0) is 30.3 Å². The molecule has 0 saturated carbocycles. The van der Waals surface area contributed by atoms with Crippen LogP contribution < -0.4 is 0 Å². The summed E-state index contributed by atoms with van der Waals surface area (Å²) in [6, 6.07) is 9.32. The summed E-state index contributed by atoms with van der Waals surface area (Å²) in [4.78, 5) is 23.1. The molecule has 0 unspecified atom stereocenters. The van der Waals surface area contributed by atoms with E-state index < -0.39 is 10.9 Å². The Morgan fingerprint density at radius 1 is 1.29 bits per heavy atom. The van der Waals surface area contributed by atoms with Gasteiger partial charge in [0.1, 0.15) is 11.3 Å². The molecule has 0 saturated heterocycles. The summed E-state index contributed by atoms with van der Waals surface area (Å²) in [5.41, 5.74) is 0.760. The van der Waals surface area contributed by atoms with E-state index in [1.165, 1.54) is 6.92 Å². The molecule has 0 atom stereocenters. The number of carbonyl (C=O) groups is 2. The molecule has 1 aliphatic rings. The molecule has 4 heteroatoms. The zero-order valence-electron chi connectivity index (χ0n) is 9.14. The Bertz CT molecular complexity index is 541. The highest BCUT2D eigenvalue weighted by atomic mass is 32.2. The van der Waals surface area contributed by atoms with Crippen molar-refractivity contribution in [3.8, 4) is 0 Å². The molecule has 0 bridgehead atoms. The lowest BCUT2D eigenvalue weighted by atomic mass is 10.1. The van der Waals surface area contributed by atoms with Crippen molar-refractivity contribution in [2.45, 2.75) is 6.92 Å². The lowest BCUT2D eigenvalue weighted by Gasteiger charge is -1.97. The minimum absolute atomic E-state index is 0.114. The molecule has 86 valence electrons. The van der Waals surface area contributed by atoms with E-state index >= 15 is 0 Å². The molecule has 0 aliphatic carbocycles. The molecule has 0 amide bonds. The summed E-state index contributed by atoms with van der Waals surface area (Å²) in [5, 5.41) is 9.41.